The van der Waals surface area contributed by atoms with E-state index in [1.54, 1.807) is 29.6 Å². The van der Waals surface area contributed by atoms with E-state index < -0.39 is 5.91 Å². The van der Waals surface area contributed by atoms with Gasteiger partial charge in [0.2, 0.25) is 5.91 Å². The second kappa shape index (κ2) is 7.32. The largest absolute Gasteiger partial charge is 0.313 e. The highest BCUT2D eigenvalue weighted by atomic mass is 32.1. The first kappa shape index (κ1) is 17.6. The lowest BCUT2D eigenvalue weighted by atomic mass is 10.1. The Morgan fingerprint density at radius 1 is 1.00 bits per heavy atom. The average molecular weight is 368 g/mol. The third-order valence-corrected chi connectivity index (χ3v) is 4.41. The van der Waals surface area contributed by atoms with Gasteiger partial charge in [0.1, 0.15) is 5.00 Å². The molecule has 0 fully saturated rings. The molecule has 0 radical (unpaired) electrons. The molecule has 8 heteroatoms. The van der Waals surface area contributed by atoms with Crippen molar-refractivity contribution in [2.45, 2.75) is 13.8 Å². The number of fused-ring (bicyclic) bond motifs is 1. The van der Waals surface area contributed by atoms with E-state index in [0.29, 0.717) is 10.6 Å². The zero-order valence-corrected chi connectivity index (χ0v) is 14.9. The van der Waals surface area contributed by atoms with Gasteiger partial charge in [-0.3, -0.25) is 30.2 Å². The molecule has 2 heterocycles. The first-order chi connectivity index (χ1) is 12.4. The molecular formula is C18H16N4O3S. The molecule has 7 nitrogen and oxygen atoms in total. The lowest BCUT2D eigenvalue weighted by Gasteiger charge is -2.08. The summed E-state index contributed by atoms with van der Waals surface area (Å²) in [5.74, 6) is -1.22. The van der Waals surface area contributed by atoms with Crippen molar-refractivity contribution in [3.63, 3.8) is 0 Å². The molecule has 3 amide bonds. The topological polar surface area (TPSA) is 100 Å². The van der Waals surface area contributed by atoms with Gasteiger partial charge in [0.05, 0.1) is 11.1 Å². The van der Waals surface area contributed by atoms with Crippen molar-refractivity contribution in [1.82, 2.24) is 15.8 Å². The summed E-state index contributed by atoms with van der Waals surface area (Å²) in [6.07, 6.45) is 0. The quantitative estimate of drug-likeness (QED) is 0.619. The van der Waals surface area contributed by atoms with Crippen molar-refractivity contribution in [3.8, 4) is 0 Å². The molecule has 0 aliphatic carbocycles. The molecule has 0 aliphatic heterocycles. The summed E-state index contributed by atoms with van der Waals surface area (Å²) >= 11 is 1.22. The summed E-state index contributed by atoms with van der Waals surface area (Å²) in [5, 5.41) is 5.69. The standard InChI is InChI=1S/C18H16N4O3S/c1-10-3-4-12-9-13(5-6-15(12)19-10)16(24)20-18-14(7-8-26-18)17(25)22-21-11(2)23/h3-9H,1-2H3,(H,20,24)(H,21,23)(H,22,25). The monoisotopic (exact) mass is 368 g/mol. The Bertz CT molecular complexity index is 1010. The van der Waals surface area contributed by atoms with Crippen molar-refractivity contribution in [1.29, 1.82) is 0 Å². The van der Waals surface area contributed by atoms with Gasteiger partial charge in [-0.05, 0) is 42.6 Å². The number of carbonyl (C=O) groups excluding carboxylic acids is 3. The summed E-state index contributed by atoms with van der Waals surface area (Å²) in [7, 11) is 0. The lowest BCUT2D eigenvalue weighted by Crippen LogP contribution is -2.40. The van der Waals surface area contributed by atoms with Gasteiger partial charge in [-0.1, -0.05) is 6.07 Å². The number of aryl methyl sites for hydroxylation is 1. The number of anilines is 1. The van der Waals surface area contributed by atoms with Gasteiger partial charge in [0.15, 0.2) is 0 Å². The van der Waals surface area contributed by atoms with E-state index in [-0.39, 0.29) is 17.4 Å². The van der Waals surface area contributed by atoms with Crippen LogP contribution in [0.3, 0.4) is 0 Å². The number of benzene rings is 1. The van der Waals surface area contributed by atoms with E-state index in [0.717, 1.165) is 16.6 Å². The van der Waals surface area contributed by atoms with Crippen LogP contribution < -0.4 is 16.2 Å². The van der Waals surface area contributed by atoms with Gasteiger partial charge < -0.3 is 5.32 Å². The number of carbonyl (C=O) groups is 3. The maximum Gasteiger partial charge on any atom is 0.272 e. The van der Waals surface area contributed by atoms with Crippen molar-refractivity contribution in [2.24, 2.45) is 0 Å². The molecule has 0 saturated carbocycles. The van der Waals surface area contributed by atoms with Gasteiger partial charge in [0, 0.05) is 23.6 Å². The minimum atomic E-state index is -0.505. The van der Waals surface area contributed by atoms with E-state index in [4.69, 9.17) is 0 Å². The van der Waals surface area contributed by atoms with E-state index in [2.05, 4.69) is 21.2 Å². The minimum absolute atomic E-state index is 0.273. The third kappa shape index (κ3) is 3.86. The number of hydrogen-bond acceptors (Lipinski definition) is 5. The molecule has 3 aromatic rings. The maximum atomic E-state index is 12.5. The Hall–Kier alpha value is -3.26. The summed E-state index contributed by atoms with van der Waals surface area (Å²) in [4.78, 5) is 39.9. The number of pyridine rings is 1. The SMILES string of the molecule is CC(=O)NNC(=O)c1ccsc1NC(=O)c1ccc2nc(C)ccc2c1. The maximum absolute atomic E-state index is 12.5. The molecule has 0 atom stereocenters. The third-order valence-electron chi connectivity index (χ3n) is 3.58. The Morgan fingerprint density at radius 3 is 2.58 bits per heavy atom. The van der Waals surface area contributed by atoms with E-state index in [9.17, 15) is 14.4 Å². The summed E-state index contributed by atoms with van der Waals surface area (Å²) in [6.45, 7) is 3.19. The zero-order chi connectivity index (χ0) is 18.7. The number of aromatic nitrogens is 1. The van der Waals surface area contributed by atoms with E-state index >= 15 is 0 Å². The Balaban J connectivity index is 1.78. The second-order valence-corrected chi connectivity index (χ2v) is 6.53. The first-order valence-corrected chi connectivity index (χ1v) is 8.65. The Kier molecular flexibility index (Phi) is 4.94. The number of nitrogens with zero attached hydrogens (tertiary/aromatic N) is 1. The van der Waals surface area contributed by atoms with Crippen LogP contribution >= 0.6 is 11.3 Å². The molecule has 0 saturated heterocycles. The highest BCUT2D eigenvalue weighted by Crippen LogP contribution is 2.24. The molecule has 3 N–H and O–H groups in total. The van der Waals surface area contributed by atoms with Crippen LogP contribution in [0.2, 0.25) is 0 Å². The van der Waals surface area contributed by atoms with E-state index in [1.165, 1.54) is 18.3 Å². The van der Waals surface area contributed by atoms with Crippen molar-refractivity contribution < 1.29 is 14.4 Å². The molecule has 0 bridgehead atoms. The molecule has 0 aliphatic rings. The van der Waals surface area contributed by atoms with Crippen LogP contribution in [0.25, 0.3) is 10.9 Å². The molecule has 0 unspecified atom stereocenters. The number of thiophene rings is 1. The van der Waals surface area contributed by atoms with Crippen molar-refractivity contribution in [2.75, 3.05) is 5.32 Å². The number of amides is 3. The fourth-order valence-electron chi connectivity index (χ4n) is 2.34. The van der Waals surface area contributed by atoms with Crippen LogP contribution in [-0.4, -0.2) is 22.7 Å². The molecule has 0 spiro atoms. The fourth-order valence-corrected chi connectivity index (χ4v) is 3.12. The van der Waals surface area contributed by atoms with Gasteiger partial charge in [-0.25, -0.2) is 0 Å². The normalized spacial score (nSPS) is 10.4. The number of rotatable bonds is 3. The number of hydrogen-bond donors (Lipinski definition) is 3. The van der Waals surface area contributed by atoms with Crippen LogP contribution in [0.1, 0.15) is 33.3 Å². The summed E-state index contributed by atoms with van der Waals surface area (Å²) in [5.41, 5.74) is 6.95. The number of hydrazine groups is 1. The van der Waals surface area contributed by atoms with Crippen LogP contribution in [0, 0.1) is 6.92 Å². The van der Waals surface area contributed by atoms with Gasteiger partial charge in [-0.2, -0.15) is 0 Å². The second-order valence-electron chi connectivity index (χ2n) is 5.61. The van der Waals surface area contributed by atoms with Crippen molar-refractivity contribution in [3.05, 3.63) is 58.6 Å². The average Bonchev–Trinajstić information content (AvgIpc) is 3.07. The van der Waals surface area contributed by atoms with Crippen LogP contribution in [0.15, 0.2) is 41.8 Å². The minimum Gasteiger partial charge on any atom is -0.313 e. The Labute approximate surface area is 153 Å². The van der Waals surface area contributed by atoms with Crippen molar-refractivity contribution >= 4 is 45.0 Å². The molecule has 26 heavy (non-hydrogen) atoms. The summed E-state index contributed by atoms with van der Waals surface area (Å²) in [6, 6.07) is 10.6. The molecule has 132 valence electrons. The van der Waals surface area contributed by atoms with Gasteiger partial charge in [0.25, 0.3) is 11.8 Å². The predicted octanol–water partition coefficient (Wildman–Crippen LogP) is 2.64. The molecule has 1 aromatic carbocycles. The molecule has 3 rings (SSSR count). The smallest absolute Gasteiger partial charge is 0.272 e. The zero-order valence-electron chi connectivity index (χ0n) is 14.1. The van der Waals surface area contributed by atoms with Crippen LogP contribution in [-0.2, 0) is 4.79 Å². The highest BCUT2D eigenvalue weighted by Gasteiger charge is 2.16. The predicted molar refractivity (Wildman–Crippen MR) is 100 cm³/mol. The Morgan fingerprint density at radius 2 is 1.81 bits per heavy atom. The molecular weight excluding hydrogens is 352 g/mol. The van der Waals surface area contributed by atoms with E-state index in [1.807, 2.05) is 19.1 Å². The first-order valence-electron chi connectivity index (χ1n) is 7.77. The van der Waals surface area contributed by atoms with Crippen LogP contribution in [0.4, 0.5) is 5.00 Å². The van der Waals surface area contributed by atoms with Gasteiger partial charge in [-0.15, -0.1) is 11.3 Å². The number of nitrogens with one attached hydrogen (secondary N) is 3. The fraction of sp³-hybridized carbons (Fsp3) is 0.111. The lowest BCUT2D eigenvalue weighted by molar-refractivity contribution is -0.119. The summed E-state index contributed by atoms with van der Waals surface area (Å²) < 4.78 is 0. The van der Waals surface area contributed by atoms with Gasteiger partial charge >= 0.3 is 0 Å². The molecule has 2 aromatic heterocycles. The van der Waals surface area contributed by atoms with Crippen LogP contribution in [0.5, 0.6) is 0 Å². The highest BCUT2D eigenvalue weighted by molar-refractivity contribution is 7.14.